The van der Waals surface area contributed by atoms with Crippen molar-refractivity contribution in [1.29, 1.82) is 0 Å². The van der Waals surface area contributed by atoms with Crippen molar-refractivity contribution in [2.24, 2.45) is 11.7 Å². The number of benzene rings is 1. The Kier molecular flexibility index (Phi) is 4.83. The van der Waals surface area contributed by atoms with E-state index in [1.807, 2.05) is 18.2 Å². The molecule has 1 aromatic rings. The molecule has 0 bridgehead atoms. The number of piperidine rings is 1. The maximum absolute atomic E-state index is 10.1. The van der Waals surface area contributed by atoms with Gasteiger partial charge in [0, 0.05) is 24.2 Å². The summed E-state index contributed by atoms with van der Waals surface area (Å²) < 4.78 is 0. The van der Waals surface area contributed by atoms with Crippen molar-refractivity contribution in [3.63, 3.8) is 0 Å². The fourth-order valence-corrected chi connectivity index (χ4v) is 3.20. The van der Waals surface area contributed by atoms with E-state index in [0.29, 0.717) is 17.7 Å². The summed E-state index contributed by atoms with van der Waals surface area (Å²) in [7, 11) is 0. The molecule has 3 N–H and O–H groups in total. The standard InChI is InChI=1S/C16H26N2O/c1-3-15(14-8-4-5-9-16(14)19)18-10-6-7-13(11-18)12(2)17/h4-5,8-9,12-13,15,19H,3,6-7,10-11,17H2,1-2H3. The number of hydrogen-bond donors (Lipinski definition) is 2. The van der Waals surface area contributed by atoms with Crippen LogP contribution in [0.2, 0.25) is 0 Å². The van der Waals surface area contributed by atoms with Gasteiger partial charge in [-0.25, -0.2) is 0 Å². The van der Waals surface area contributed by atoms with E-state index in [-0.39, 0.29) is 6.04 Å². The molecule has 0 radical (unpaired) electrons. The number of nitrogens with two attached hydrogens (primary N) is 1. The Labute approximate surface area is 116 Å². The zero-order valence-corrected chi connectivity index (χ0v) is 12.0. The van der Waals surface area contributed by atoms with Crippen LogP contribution >= 0.6 is 0 Å². The maximum Gasteiger partial charge on any atom is 0.120 e. The fraction of sp³-hybridized carbons (Fsp3) is 0.625. The summed E-state index contributed by atoms with van der Waals surface area (Å²) >= 11 is 0. The lowest BCUT2D eigenvalue weighted by atomic mass is 9.89. The first-order chi connectivity index (χ1) is 9.13. The van der Waals surface area contributed by atoms with E-state index in [2.05, 4.69) is 18.7 Å². The second kappa shape index (κ2) is 6.40. The Morgan fingerprint density at radius 2 is 2.16 bits per heavy atom. The molecule has 3 heteroatoms. The predicted octanol–water partition coefficient (Wildman–Crippen LogP) is 2.90. The zero-order chi connectivity index (χ0) is 13.8. The first-order valence-corrected chi connectivity index (χ1v) is 7.41. The van der Waals surface area contributed by atoms with Crippen molar-refractivity contribution in [1.82, 2.24) is 4.90 Å². The van der Waals surface area contributed by atoms with Crippen LogP contribution in [-0.4, -0.2) is 29.1 Å². The highest BCUT2D eigenvalue weighted by atomic mass is 16.3. The van der Waals surface area contributed by atoms with Gasteiger partial charge in [0.1, 0.15) is 5.75 Å². The molecule has 2 rings (SSSR count). The summed E-state index contributed by atoms with van der Waals surface area (Å²) in [5.74, 6) is 0.992. The van der Waals surface area contributed by atoms with Crippen molar-refractivity contribution in [2.45, 2.75) is 45.2 Å². The number of para-hydroxylation sites is 1. The monoisotopic (exact) mass is 262 g/mol. The van der Waals surface area contributed by atoms with Gasteiger partial charge in [0.15, 0.2) is 0 Å². The van der Waals surface area contributed by atoms with Gasteiger partial charge in [0.25, 0.3) is 0 Å². The first kappa shape index (κ1) is 14.4. The van der Waals surface area contributed by atoms with Crippen molar-refractivity contribution in [3.05, 3.63) is 29.8 Å². The fourth-order valence-electron chi connectivity index (χ4n) is 3.20. The number of phenolic OH excluding ortho intramolecular Hbond substituents is 1. The van der Waals surface area contributed by atoms with Crippen LogP contribution < -0.4 is 5.73 Å². The Bertz CT molecular complexity index is 405. The quantitative estimate of drug-likeness (QED) is 0.877. The minimum absolute atomic E-state index is 0.254. The van der Waals surface area contributed by atoms with Crippen molar-refractivity contribution in [2.75, 3.05) is 13.1 Å². The molecule has 1 fully saturated rings. The lowest BCUT2D eigenvalue weighted by Crippen LogP contribution is -2.43. The molecule has 0 aromatic heterocycles. The van der Waals surface area contributed by atoms with Crippen LogP contribution in [0.1, 0.15) is 44.7 Å². The molecular formula is C16H26N2O. The van der Waals surface area contributed by atoms with Crippen LogP contribution in [0.5, 0.6) is 5.75 Å². The van der Waals surface area contributed by atoms with Crippen LogP contribution in [0.25, 0.3) is 0 Å². The first-order valence-electron chi connectivity index (χ1n) is 7.41. The molecule has 1 aliphatic rings. The second-order valence-corrected chi connectivity index (χ2v) is 5.74. The summed E-state index contributed by atoms with van der Waals surface area (Å²) in [6.45, 7) is 6.45. The summed E-state index contributed by atoms with van der Waals surface area (Å²) in [6.07, 6.45) is 3.45. The van der Waals surface area contributed by atoms with Gasteiger partial charge in [-0.2, -0.15) is 0 Å². The molecule has 3 nitrogen and oxygen atoms in total. The molecule has 106 valence electrons. The molecular weight excluding hydrogens is 236 g/mol. The summed E-state index contributed by atoms with van der Waals surface area (Å²) in [6, 6.07) is 8.27. The van der Waals surface area contributed by atoms with Gasteiger partial charge in [-0.1, -0.05) is 25.1 Å². The van der Waals surface area contributed by atoms with E-state index in [0.717, 1.165) is 25.1 Å². The van der Waals surface area contributed by atoms with Gasteiger partial charge in [-0.15, -0.1) is 0 Å². The Morgan fingerprint density at radius 1 is 1.42 bits per heavy atom. The Morgan fingerprint density at radius 3 is 2.79 bits per heavy atom. The van der Waals surface area contributed by atoms with Crippen molar-refractivity contribution in [3.8, 4) is 5.75 Å². The highest BCUT2D eigenvalue weighted by Crippen LogP contribution is 2.34. The largest absolute Gasteiger partial charge is 0.508 e. The number of nitrogens with zero attached hydrogens (tertiary/aromatic N) is 1. The van der Waals surface area contributed by atoms with Gasteiger partial charge in [0.2, 0.25) is 0 Å². The number of likely N-dealkylation sites (tertiary alicyclic amines) is 1. The lowest BCUT2D eigenvalue weighted by molar-refractivity contribution is 0.109. The summed E-state index contributed by atoms with van der Waals surface area (Å²) in [4.78, 5) is 2.49. The number of rotatable bonds is 4. The zero-order valence-electron chi connectivity index (χ0n) is 12.0. The van der Waals surface area contributed by atoms with Gasteiger partial charge in [-0.3, -0.25) is 4.90 Å². The molecule has 1 heterocycles. The Balaban J connectivity index is 2.16. The van der Waals surface area contributed by atoms with Crippen LogP contribution in [-0.2, 0) is 0 Å². The smallest absolute Gasteiger partial charge is 0.120 e. The normalized spacial score (nSPS) is 24.1. The van der Waals surface area contributed by atoms with Crippen LogP contribution in [0.4, 0.5) is 0 Å². The number of aromatic hydroxyl groups is 1. The average Bonchev–Trinajstić information content (AvgIpc) is 2.42. The van der Waals surface area contributed by atoms with E-state index in [1.54, 1.807) is 6.07 Å². The molecule has 3 atom stereocenters. The highest BCUT2D eigenvalue weighted by Gasteiger charge is 2.28. The van der Waals surface area contributed by atoms with Crippen molar-refractivity contribution < 1.29 is 5.11 Å². The van der Waals surface area contributed by atoms with E-state index in [9.17, 15) is 5.11 Å². The average molecular weight is 262 g/mol. The minimum atomic E-state index is 0.254. The maximum atomic E-state index is 10.1. The third kappa shape index (κ3) is 3.28. The molecule has 0 amide bonds. The third-order valence-corrected chi connectivity index (χ3v) is 4.36. The SMILES string of the molecule is CCC(c1ccccc1O)N1CCCC(C(C)N)C1. The molecule has 19 heavy (non-hydrogen) atoms. The van der Waals surface area contributed by atoms with Gasteiger partial charge >= 0.3 is 0 Å². The molecule has 1 saturated heterocycles. The molecule has 1 aromatic carbocycles. The van der Waals surface area contributed by atoms with E-state index in [1.165, 1.54) is 12.8 Å². The third-order valence-electron chi connectivity index (χ3n) is 4.36. The number of hydrogen-bond acceptors (Lipinski definition) is 3. The molecule has 0 aliphatic carbocycles. The van der Waals surface area contributed by atoms with Crippen LogP contribution in [0.3, 0.4) is 0 Å². The van der Waals surface area contributed by atoms with Crippen LogP contribution in [0.15, 0.2) is 24.3 Å². The van der Waals surface area contributed by atoms with E-state index >= 15 is 0 Å². The number of phenols is 1. The van der Waals surface area contributed by atoms with Gasteiger partial charge < -0.3 is 10.8 Å². The Hall–Kier alpha value is -1.06. The highest BCUT2D eigenvalue weighted by molar-refractivity contribution is 5.34. The van der Waals surface area contributed by atoms with Gasteiger partial charge in [0.05, 0.1) is 0 Å². The second-order valence-electron chi connectivity index (χ2n) is 5.74. The molecule has 3 unspecified atom stereocenters. The van der Waals surface area contributed by atoms with E-state index < -0.39 is 0 Å². The van der Waals surface area contributed by atoms with Gasteiger partial charge in [-0.05, 0) is 44.7 Å². The summed E-state index contributed by atoms with van der Waals surface area (Å²) in [5.41, 5.74) is 7.11. The molecule has 1 aliphatic heterocycles. The minimum Gasteiger partial charge on any atom is -0.508 e. The van der Waals surface area contributed by atoms with Crippen LogP contribution in [0, 0.1) is 5.92 Å². The molecule has 0 saturated carbocycles. The van der Waals surface area contributed by atoms with E-state index in [4.69, 9.17) is 5.73 Å². The molecule has 0 spiro atoms. The topological polar surface area (TPSA) is 49.5 Å². The summed E-state index contributed by atoms with van der Waals surface area (Å²) in [5, 5.41) is 10.1. The van der Waals surface area contributed by atoms with Crippen molar-refractivity contribution >= 4 is 0 Å². The lowest BCUT2D eigenvalue weighted by Gasteiger charge is -2.39. The predicted molar refractivity (Wildman–Crippen MR) is 79.1 cm³/mol.